The molecular formula is C25H28FN5O. The summed E-state index contributed by atoms with van der Waals surface area (Å²) in [7, 11) is 1.70. The third-order valence-corrected chi connectivity index (χ3v) is 6.32. The first-order valence-corrected chi connectivity index (χ1v) is 10.9. The summed E-state index contributed by atoms with van der Waals surface area (Å²) in [4.78, 5) is 25.0. The van der Waals surface area contributed by atoms with Gasteiger partial charge in [0.25, 0.3) is 11.4 Å². The fourth-order valence-electron chi connectivity index (χ4n) is 4.64. The molecule has 0 bridgehead atoms. The van der Waals surface area contributed by atoms with Crippen molar-refractivity contribution in [1.82, 2.24) is 14.5 Å². The van der Waals surface area contributed by atoms with E-state index in [2.05, 4.69) is 33.5 Å². The topological polar surface area (TPSA) is 45.7 Å². The van der Waals surface area contributed by atoms with Crippen LogP contribution in [0.1, 0.15) is 40.1 Å². The van der Waals surface area contributed by atoms with E-state index in [0.717, 1.165) is 5.56 Å². The van der Waals surface area contributed by atoms with Gasteiger partial charge in [0, 0.05) is 44.3 Å². The standard InChI is InChI=1S/C25H28FN5O/c1-6-20(18-7-9-19(26)10-8-18)30-14-17(3)31(15-16(30)2)22-13-24(32)29(5)21-11-12-23(27-4)28-25(21)22/h7-13,16-17,20H,6,14-15H2,1-3,5H3/t16-,17+,20?/m1/s1/i20D. The lowest BCUT2D eigenvalue weighted by molar-refractivity contribution is 0.107. The molecule has 1 aliphatic heterocycles. The van der Waals surface area contributed by atoms with Crippen LogP contribution in [-0.2, 0) is 7.05 Å². The molecule has 0 amide bonds. The second-order valence-electron chi connectivity index (χ2n) is 8.39. The van der Waals surface area contributed by atoms with E-state index >= 15 is 0 Å². The zero-order valence-electron chi connectivity index (χ0n) is 19.8. The molecule has 0 spiro atoms. The van der Waals surface area contributed by atoms with Crippen molar-refractivity contribution in [3.63, 3.8) is 0 Å². The molecule has 3 atom stereocenters. The van der Waals surface area contributed by atoms with Crippen LogP contribution in [0.2, 0.25) is 0 Å². The van der Waals surface area contributed by atoms with Gasteiger partial charge in [0.1, 0.15) is 5.82 Å². The van der Waals surface area contributed by atoms with Crippen molar-refractivity contribution in [2.75, 3.05) is 18.0 Å². The maximum atomic E-state index is 13.5. The van der Waals surface area contributed by atoms with Crippen molar-refractivity contribution in [3.8, 4) is 0 Å². The molecule has 0 saturated carbocycles. The van der Waals surface area contributed by atoms with Crippen molar-refractivity contribution in [2.45, 2.75) is 45.3 Å². The molecule has 32 heavy (non-hydrogen) atoms. The van der Waals surface area contributed by atoms with Crippen molar-refractivity contribution in [3.05, 3.63) is 75.6 Å². The number of aromatic nitrogens is 2. The Morgan fingerprint density at radius 1 is 1.22 bits per heavy atom. The zero-order chi connectivity index (χ0) is 23.9. The molecule has 3 heterocycles. The molecule has 166 valence electrons. The molecule has 0 radical (unpaired) electrons. The first-order chi connectivity index (χ1) is 15.7. The quantitative estimate of drug-likeness (QED) is 0.560. The predicted molar refractivity (Wildman–Crippen MR) is 126 cm³/mol. The Kier molecular flexibility index (Phi) is 5.62. The molecule has 4 rings (SSSR count). The van der Waals surface area contributed by atoms with Crippen LogP contribution in [0.15, 0.2) is 47.3 Å². The average molecular weight is 435 g/mol. The van der Waals surface area contributed by atoms with E-state index in [1.54, 1.807) is 41.9 Å². The van der Waals surface area contributed by atoms with Gasteiger partial charge < -0.3 is 14.3 Å². The minimum atomic E-state index is -0.988. The molecule has 7 heteroatoms. The van der Waals surface area contributed by atoms with Crippen LogP contribution in [0.5, 0.6) is 0 Å². The first kappa shape index (κ1) is 20.7. The number of hydrogen-bond acceptors (Lipinski definition) is 4. The Morgan fingerprint density at radius 2 is 1.94 bits per heavy atom. The molecule has 1 unspecified atom stereocenters. The number of anilines is 1. The van der Waals surface area contributed by atoms with Crippen LogP contribution in [-0.4, -0.2) is 39.6 Å². The fourth-order valence-corrected chi connectivity index (χ4v) is 4.64. The van der Waals surface area contributed by atoms with Crippen LogP contribution in [0.3, 0.4) is 0 Å². The van der Waals surface area contributed by atoms with E-state index in [4.69, 9.17) is 6.57 Å². The summed E-state index contributed by atoms with van der Waals surface area (Å²) in [5.74, 6) is -0.0264. The van der Waals surface area contributed by atoms with Gasteiger partial charge in [0.15, 0.2) is 0 Å². The van der Waals surface area contributed by atoms with Gasteiger partial charge in [0.2, 0.25) is 5.52 Å². The monoisotopic (exact) mass is 434 g/mol. The van der Waals surface area contributed by atoms with E-state index in [-0.39, 0.29) is 29.3 Å². The largest absolute Gasteiger partial charge is 0.362 e. The van der Waals surface area contributed by atoms with Gasteiger partial charge >= 0.3 is 0 Å². The second kappa shape index (κ2) is 8.71. The van der Waals surface area contributed by atoms with Crippen LogP contribution in [0.25, 0.3) is 15.9 Å². The van der Waals surface area contributed by atoms with E-state index in [9.17, 15) is 10.6 Å². The number of pyridine rings is 2. The van der Waals surface area contributed by atoms with Crippen LogP contribution >= 0.6 is 0 Å². The molecule has 6 nitrogen and oxygen atoms in total. The zero-order valence-corrected chi connectivity index (χ0v) is 18.8. The van der Waals surface area contributed by atoms with Crippen LogP contribution in [0.4, 0.5) is 15.9 Å². The maximum Gasteiger partial charge on any atom is 0.270 e. The Morgan fingerprint density at radius 3 is 2.59 bits per heavy atom. The Bertz CT molecular complexity index is 1280. The van der Waals surface area contributed by atoms with Crippen molar-refractivity contribution < 1.29 is 5.76 Å². The highest BCUT2D eigenvalue weighted by Crippen LogP contribution is 2.34. The molecule has 1 saturated heterocycles. The third kappa shape index (κ3) is 3.87. The maximum absolute atomic E-state index is 13.5. The van der Waals surface area contributed by atoms with Crippen LogP contribution < -0.4 is 10.5 Å². The Hall–Kier alpha value is -3.24. The highest BCUT2D eigenvalue weighted by molar-refractivity contribution is 5.89. The van der Waals surface area contributed by atoms with Crippen molar-refractivity contribution >= 4 is 22.5 Å². The Balaban J connectivity index is 1.74. The summed E-state index contributed by atoms with van der Waals surface area (Å²) in [5, 5.41) is 0. The normalized spacial score (nSPS) is 21.8. The number of nitrogens with zero attached hydrogens (tertiary/aromatic N) is 5. The average Bonchev–Trinajstić information content (AvgIpc) is 2.82. The van der Waals surface area contributed by atoms with Gasteiger partial charge in [-0.2, -0.15) is 0 Å². The highest BCUT2D eigenvalue weighted by Gasteiger charge is 2.35. The molecule has 1 aromatic carbocycles. The van der Waals surface area contributed by atoms with E-state index in [1.807, 2.05) is 6.92 Å². The van der Waals surface area contributed by atoms with Gasteiger partial charge in [-0.05, 0) is 50.1 Å². The molecule has 3 aromatic rings. The first-order valence-electron chi connectivity index (χ1n) is 11.4. The SMILES string of the molecule is [2H]C(CC)(c1ccc(F)cc1)N1C[C@H](C)N(c2cc(=O)n(C)c3ccc([N+]#[C-])nc23)C[C@H]1C. The molecule has 0 N–H and O–H groups in total. The molecular weight excluding hydrogens is 405 g/mol. The number of fused-ring (bicyclic) bond motifs is 1. The smallest absolute Gasteiger partial charge is 0.270 e. The predicted octanol–water partition coefficient (Wildman–Crippen LogP) is 4.67. The second-order valence-corrected chi connectivity index (χ2v) is 8.39. The summed E-state index contributed by atoms with van der Waals surface area (Å²) < 4.78 is 24.4. The Labute approximate surface area is 189 Å². The van der Waals surface area contributed by atoms with Crippen molar-refractivity contribution in [1.29, 1.82) is 0 Å². The van der Waals surface area contributed by atoms with E-state index < -0.39 is 6.02 Å². The summed E-state index contributed by atoms with van der Waals surface area (Å²) >= 11 is 0. The van der Waals surface area contributed by atoms with Crippen molar-refractivity contribution in [2.24, 2.45) is 7.05 Å². The lowest BCUT2D eigenvalue weighted by Gasteiger charge is -2.48. The molecule has 0 aliphatic carbocycles. The number of hydrogen-bond donors (Lipinski definition) is 0. The van der Waals surface area contributed by atoms with E-state index in [1.165, 1.54) is 12.1 Å². The summed E-state index contributed by atoms with van der Waals surface area (Å²) in [6.07, 6.45) is 0.556. The minimum Gasteiger partial charge on any atom is -0.362 e. The molecule has 1 aliphatic rings. The summed E-state index contributed by atoms with van der Waals surface area (Å²) in [6, 6.07) is 10.2. The lowest BCUT2D eigenvalue weighted by Crippen LogP contribution is -2.57. The van der Waals surface area contributed by atoms with Gasteiger partial charge in [-0.25, -0.2) is 4.39 Å². The third-order valence-electron chi connectivity index (χ3n) is 6.32. The number of benzene rings is 1. The number of halogens is 1. The lowest BCUT2D eigenvalue weighted by atomic mass is 9.97. The van der Waals surface area contributed by atoms with Gasteiger partial charge in [0.05, 0.1) is 12.6 Å². The van der Waals surface area contributed by atoms with Gasteiger partial charge in [-0.3, -0.25) is 9.69 Å². The fraction of sp³-hybridized carbons (Fsp3) is 0.400. The number of aryl methyl sites for hydroxylation is 1. The minimum absolute atomic E-state index is 0.00754. The number of piperazine rings is 1. The summed E-state index contributed by atoms with van der Waals surface area (Å²) in [6.45, 7) is 14.6. The summed E-state index contributed by atoms with van der Waals surface area (Å²) in [5.41, 5.74) is 2.66. The van der Waals surface area contributed by atoms with E-state index in [0.29, 0.717) is 36.2 Å². The van der Waals surface area contributed by atoms with Gasteiger partial charge in [-0.1, -0.05) is 25.6 Å². The van der Waals surface area contributed by atoms with Crippen LogP contribution in [0, 0.1) is 12.4 Å². The number of rotatable bonds is 4. The van der Waals surface area contributed by atoms with Gasteiger partial charge in [-0.15, -0.1) is 4.98 Å². The molecule has 1 fully saturated rings. The highest BCUT2D eigenvalue weighted by atomic mass is 19.1. The molecule has 2 aromatic heterocycles.